The van der Waals surface area contributed by atoms with E-state index < -0.39 is 16.2 Å². The predicted molar refractivity (Wildman–Crippen MR) is 56.1 cm³/mol. The molecular weight excluding hydrogens is 232 g/mol. The molecule has 0 saturated carbocycles. The van der Waals surface area contributed by atoms with Crippen molar-refractivity contribution in [3.63, 3.8) is 0 Å². The largest absolute Gasteiger partial charge is 0.264 e. The zero-order chi connectivity index (χ0) is 11.8. The van der Waals surface area contributed by atoms with E-state index in [9.17, 15) is 8.42 Å². The fourth-order valence-corrected chi connectivity index (χ4v) is 2.10. The Morgan fingerprint density at radius 2 is 2.12 bits per heavy atom. The molecule has 0 aliphatic rings. The summed E-state index contributed by atoms with van der Waals surface area (Å²) in [6.07, 6.45) is 0.385. The number of aromatic nitrogens is 2. The van der Waals surface area contributed by atoms with E-state index in [4.69, 9.17) is 4.18 Å². The molecule has 2 rings (SSSR count). The third kappa shape index (κ3) is 2.20. The van der Waals surface area contributed by atoms with Gasteiger partial charge in [-0.25, -0.2) is 4.63 Å². The summed E-state index contributed by atoms with van der Waals surface area (Å²) in [6, 6.07) is 5.19. The molecule has 0 fully saturated rings. The van der Waals surface area contributed by atoms with Crippen LogP contribution in [-0.4, -0.2) is 25.0 Å². The van der Waals surface area contributed by atoms with Crippen molar-refractivity contribution in [2.24, 2.45) is 0 Å². The summed E-state index contributed by atoms with van der Waals surface area (Å²) in [5.74, 6) is 0. The van der Waals surface area contributed by atoms with E-state index in [2.05, 4.69) is 14.9 Å². The molecule has 0 N–H and O–H groups in total. The van der Waals surface area contributed by atoms with Crippen LogP contribution in [0, 0.1) is 0 Å². The summed E-state index contributed by atoms with van der Waals surface area (Å²) in [6.45, 7) is 1.63. The number of nitrogens with zero attached hydrogens (tertiary/aromatic N) is 2. The van der Waals surface area contributed by atoms with E-state index in [-0.39, 0.29) is 0 Å². The minimum absolute atomic E-state index is 0.513. The van der Waals surface area contributed by atoms with Crippen LogP contribution in [0.15, 0.2) is 22.8 Å². The van der Waals surface area contributed by atoms with Crippen LogP contribution in [0.3, 0.4) is 0 Å². The first-order valence-electron chi connectivity index (χ1n) is 4.57. The van der Waals surface area contributed by atoms with Crippen molar-refractivity contribution in [3.05, 3.63) is 23.8 Å². The molecule has 0 saturated heterocycles. The van der Waals surface area contributed by atoms with Gasteiger partial charge in [-0.15, -0.1) is 0 Å². The van der Waals surface area contributed by atoms with Gasteiger partial charge in [-0.1, -0.05) is 12.1 Å². The van der Waals surface area contributed by atoms with Crippen molar-refractivity contribution in [2.75, 3.05) is 6.26 Å². The van der Waals surface area contributed by atoms with Crippen LogP contribution in [-0.2, 0) is 14.3 Å². The van der Waals surface area contributed by atoms with Crippen LogP contribution >= 0.6 is 0 Å². The third-order valence-corrected chi connectivity index (χ3v) is 2.71. The Morgan fingerprint density at radius 1 is 1.38 bits per heavy atom. The van der Waals surface area contributed by atoms with Crippen molar-refractivity contribution in [1.29, 1.82) is 0 Å². The Bertz CT molecular complexity index is 605. The quantitative estimate of drug-likeness (QED) is 0.753. The van der Waals surface area contributed by atoms with Crippen LogP contribution in [0.1, 0.15) is 18.6 Å². The smallest absolute Gasteiger partial charge is 0.262 e. The third-order valence-electron chi connectivity index (χ3n) is 2.07. The highest BCUT2D eigenvalue weighted by Crippen LogP contribution is 2.24. The molecular formula is C9H10N2O4S. The van der Waals surface area contributed by atoms with Gasteiger partial charge in [-0.2, -0.15) is 8.42 Å². The molecule has 0 amide bonds. The predicted octanol–water partition coefficient (Wildman–Crippen LogP) is 1.26. The zero-order valence-corrected chi connectivity index (χ0v) is 9.56. The van der Waals surface area contributed by atoms with Crippen LogP contribution in [0.25, 0.3) is 11.0 Å². The summed E-state index contributed by atoms with van der Waals surface area (Å²) in [4.78, 5) is 0. The zero-order valence-electron chi connectivity index (χ0n) is 8.75. The normalized spacial score (nSPS) is 14.1. The average molecular weight is 242 g/mol. The molecule has 0 radical (unpaired) electrons. The fourth-order valence-electron chi connectivity index (χ4n) is 1.47. The number of fused-ring (bicyclic) bond motifs is 1. The lowest BCUT2D eigenvalue weighted by Gasteiger charge is -2.10. The number of benzene rings is 1. The lowest BCUT2D eigenvalue weighted by molar-refractivity contribution is 0.237. The second-order valence-electron chi connectivity index (χ2n) is 3.42. The SMILES string of the molecule is CC(OS(C)(=O)=O)c1cccc2nonc12. The van der Waals surface area contributed by atoms with Gasteiger partial charge in [0.15, 0.2) is 0 Å². The first-order valence-corrected chi connectivity index (χ1v) is 6.38. The van der Waals surface area contributed by atoms with Crippen molar-refractivity contribution < 1.29 is 17.2 Å². The second-order valence-corrected chi connectivity index (χ2v) is 5.02. The molecule has 1 aromatic heterocycles. The molecule has 1 heterocycles. The highest BCUT2D eigenvalue weighted by atomic mass is 32.2. The summed E-state index contributed by atoms with van der Waals surface area (Å²) in [7, 11) is -3.50. The van der Waals surface area contributed by atoms with E-state index in [1.165, 1.54) is 0 Å². The van der Waals surface area contributed by atoms with Gasteiger partial charge in [-0.05, 0) is 23.3 Å². The van der Waals surface area contributed by atoms with Crippen LogP contribution in [0.5, 0.6) is 0 Å². The van der Waals surface area contributed by atoms with Gasteiger partial charge >= 0.3 is 0 Å². The Morgan fingerprint density at radius 3 is 2.81 bits per heavy atom. The maximum absolute atomic E-state index is 11.0. The van der Waals surface area contributed by atoms with Gasteiger partial charge in [0.25, 0.3) is 10.1 Å². The molecule has 1 atom stereocenters. The Labute approximate surface area is 92.3 Å². The number of rotatable bonds is 3. The summed E-state index contributed by atoms with van der Waals surface area (Å²) in [5, 5.41) is 7.38. The van der Waals surface area contributed by atoms with Gasteiger partial charge in [0.1, 0.15) is 17.1 Å². The summed E-state index contributed by atoms with van der Waals surface area (Å²) < 4.78 is 31.5. The molecule has 1 unspecified atom stereocenters. The monoisotopic (exact) mass is 242 g/mol. The number of hydrogen-bond acceptors (Lipinski definition) is 6. The molecule has 86 valence electrons. The lowest BCUT2D eigenvalue weighted by Crippen LogP contribution is -2.07. The van der Waals surface area contributed by atoms with Crippen LogP contribution in [0.2, 0.25) is 0 Å². The summed E-state index contributed by atoms with van der Waals surface area (Å²) in [5.41, 5.74) is 1.71. The van der Waals surface area contributed by atoms with Gasteiger partial charge in [0, 0.05) is 5.56 Å². The minimum Gasteiger partial charge on any atom is -0.262 e. The molecule has 0 bridgehead atoms. The molecule has 7 heteroatoms. The van der Waals surface area contributed by atoms with Gasteiger partial charge < -0.3 is 0 Å². The average Bonchev–Trinajstić information content (AvgIpc) is 2.61. The van der Waals surface area contributed by atoms with Crippen molar-refractivity contribution in [3.8, 4) is 0 Å². The highest BCUT2D eigenvalue weighted by Gasteiger charge is 2.17. The minimum atomic E-state index is -3.50. The maximum atomic E-state index is 11.0. The Kier molecular flexibility index (Phi) is 2.64. The van der Waals surface area contributed by atoms with E-state index >= 15 is 0 Å². The van der Waals surface area contributed by atoms with Crippen molar-refractivity contribution in [1.82, 2.24) is 10.3 Å². The first-order chi connectivity index (χ1) is 7.47. The fraction of sp³-hybridized carbons (Fsp3) is 0.333. The topological polar surface area (TPSA) is 82.3 Å². The molecule has 1 aromatic carbocycles. The van der Waals surface area contributed by atoms with E-state index in [0.29, 0.717) is 16.6 Å². The Hall–Kier alpha value is -1.47. The maximum Gasteiger partial charge on any atom is 0.264 e. The molecule has 0 aliphatic heterocycles. The van der Waals surface area contributed by atoms with E-state index in [0.717, 1.165) is 6.26 Å². The lowest BCUT2D eigenvalue weighted by atomic mass is 10.1. The van der Waals surface area contributed by atoms with Gasteiger partial charge in [0.2, 0.25) is 0 Å². The first kappa shape index (κ1) is 11.0. The standard InChI is InChI=1S/C9H10N2O4S/c1-6(14-16(2,12)13)7-4-3-5-8-9(7)11-15-10-8/h3-6H,1-2H3. The van der Waals surface area contributed by atoms with E-state index in [1.807, 2.05) is 0 Å². The van der Waals surface area contributed by atoms with Gasteiger partial charge in [-0.3, -0.25) is 4.18 Å². The van der Waals surface area contributed by atoms with E-state index in [1.54, 1.807) is 25.1 Å². The molecule has 6 nitrogen and oxygen atoms in total. The second kappa shape index (κ2) is 3.84. The van der Waals surface area contributed by atoms with Crippen LogP contribution < -0.4 is 0 Å². The van der Waals surface area contributed by atoms with Crippen LogP contribution in [0.4, 0.5) is 0 Å². The number of hydrogen-bond donors (Lipinski definition) is 0. The molecule has 16 heavy (non-hydrogen) atoms. The summed E-state index contributed by atoms with van der Waals surface area (Å²) >= 11 is 0. The van der Waals surface area contributed by atoms with Crippen molar-refractivity contribution in [2.45, 2.75) is 13.0 Å². The Balaban J connectivity index is 2.43. The van der Waals surface area contributed by atoms with Gasteiger partial charge in [0.05, 0.1) is 6.26 Å². The molecule has 0 spiro atoms. The molecule has 0 aliphatic carbocycles. The van der Waals surface area contributed by atoms with Crippen molar-refractivity contribution >= 4 is 21.2 Å². The highest BCUT2D eigenvalue weighted by molar-refractivity contribution is 7.86. The molecule has 2 aromatic rings.